The van der Waals surface area contributed by atoms with Crippen LogP contribution in [0.4, 0.5) is 8.78 Å². The van der Waals surface area contributed by atoms with Crippen molar-refractivity contribution in [2.75, 3.05) is 6.54 Å². The number of amidine groups is 1. The maximum absolute atomic E-state index is 13.5. The van der Waals surface area contributed by atoms with Gasteiger partial charge in [-0.2, -0.15) is 10.1 Å². The van der Waals surface area contributed by atoms with Crippen molar-refractivity contribution in [1.29, 1.82) is 0 Å². The Labute approximate surface area is 143 Å². The number of hydrogen-bond donors (Lipinski definition) is 4. The number of fused-ring (bicyclic) bond motifs is 1. The number of nitrogens with two attached hydrogens (primary N) is 1. The van der Waals surface area contributed by atoms with Crippen molar-refractivity contribution < 1.29 is 8.78 Å². The van der Waals surface area contributed by atoms with E-state index < -0.39 is 17.3 Å². The molecular formula is C16H19F2N7. The lowest BCUT2D eigenvalue weighted by molar-refractivity contribution is 0.498. The highest BCUT2D eigenvalue weighted by Gasteiger charge is 2.57. The molecule has 9 heteroatoms. The lowest BCUT2D eigenvalue weighted by atomic mass is 9.94. The van der Waals surface area contributed by atoms with Crippen LogP contribution >= 0.6 is 0 Å². The molecule has 0 saturated heterocycles. The molecule has 1 aromatic rings. The van der Waals surface area contributed by atoms with Crippen molar-refractivity contribution in [2.45, 2.75) is 31.3 Å². The number of aliphatic imine (C=N–C) groups is 2. The SMILES string of the molecule is CCCNC1=NC(N)([C@@H]2C[C@@H]2c2ccc(F)c(F)c2)C2=NNNC2=N1. The zero-order chi connectivity index (χ0) is 17.6. The predicted molar refractivity (Wildman–Crippen MR) is 91.0 cm³/mol. The van der Waals surface area contributed by atoms with Crippen molar-refractivity contribution in [1.82, 2.24) is 16.3 Å². The summed E-state index contributed by atoms with van der Waals surface area (Å²) in [7, 11) is 0. The molecule has 0 spiro atoms. The molecule has 1 saturated carbocycles. The number of halogens is 2. The van der Waals surface area contributed by atoms with E-state index in [4.69, 9.17) is 5.73 Å². The van der Waals surface area contributed by atoms with Gasteiger partial charge in [-0.1, -0.05) is 13.0 Å². The fourth-order valence-electron chi connectivity index (χ4n) is 3.34. The van der Waals surface area contributed by atoms with Gasteiger partial charge in [-0.25, -0.2) is 19.3 Å². The average molecular weight is 347 g/mol. The molecule has 1 fully saturated rings. The van der Waals surface area contributed by atoms with Gasteiger partial charge in [0.25, 0.3) is 0 Å². The predicted octanol–water partition coefficient (Wildman–Crippen LogP) is 0.955. The fourth-order valence-corrected chi connectivity index (χ4v) is 3.34. The largest absolute Gasteiger partial charge is 0.354 e. The molecule has 1 unspecified atom stereocenters. The van der Waals surface area contributed by atoms with Crippen molar-refractivity contribution in [2.24, 2.45) is 26.7 Å². The van der Waals surface area contributed by atoms with E-state index in [1.165, 1.54) is 6.07 Å². The third-order valence-electron chi connectivity index (χ3n) is 4.71. The summed E-state index contributed by atoms with van der Waals surface area (Å²) in [6.45, 7) is 2.77. The van der Waals surface area contributed by atoms with Crippen LogP contribution in [0.25, 0.3) is 0 Å². The molecule has 2 heterocycles. The summed E-state index contributed by atoms with van der Waals surface area (Å²) >= 11 is 0. The number of nitrogens with zero attached hydrogens (tertiary/aromatic N) is 3. The van der Waals surface area contributed by atoms with E-state index in [-0.39, 0.29) is 11.8 Å². The van der Waals surface area contributed by atoms with Gasteiger partial charge < -0.3 is 11.1 Å². The van der Waals surface area contributed by atoms with Gasteiger partial charge in [0.05, 0.1) is 0 Å². The van der Waals surface area contributed by atoms with Crippen molar-refractivity contribution >= 4 is 17.5 Å². The van der Waals surface area contributed by atoms with E-state index in [1.807, 2.05) is 6.92 Å². The van der Waals surface area contributed by atoms with Gasteiger partial charge in [0.1, 0.15) is 5.71 Å². The first-order valence-electron chi connectivity index (χ1n) is 8.28. The number of hydrazone groups is 1. The van der Waals surface area contributed by atoms with Crippen LogP contribution in [0, 0.1) is 17.6 Å². The van der Waals surface area contributed by atoms with Gasteiger partial charge in [-0.3, -0.25) is 5.43 Å². The second-order valence-corrected chi connectivity index (χ2v) is 6.47. The highest BCUT2D eigenvalue weighted by molar-refractivity contribution is 6.48. The molecule has 7 nitrogen and oxygen atoms in total. The number of hydrogen-bond acceptors (Lipinski definition) is 7. The minimum atomic E-state index is -1.07. The quantitative estimate of drug-likeness (QED) is 0.652. The van der Waals surface area contributed by atoms with Crippen LogP contribution in [-0.2, 0) is 0 Å². The molecule has 25 heavy (non-hydrogen) atoms. The van der Waals surface area contributed by atoms with Gasteiger partial charge in [0.15, 0.2) is 23.1 Å². The zero-order valence-corrected chi connectivity index (χ0v) is 13.7. The van der Waals surface area contributed by atoms with E-state index in [2.05, 4.69) is 31.4 Å². The van der Waals surface area contributed by atoms with Crippen LogP contribution in [-0.4, -0.2) is 29.7 Å². The number of nitrogens with one attached hydrogen (secondary N) is 3. The Kier molecular flexibility index (Phi) is 3.68. The van der Waals surface area contributed by atoms with Crippen LogP contribution in [0.3, 0.4) is 0 Å². The van der Waals surface area contributed by atoms with Gasteiger partial charge >= 0.3 is 0 Å². The van der Waals surface area contributed by atoms with E-state index >= 15 is 0 Å². The van der Waals surface area contributed by atoms with E-state index in [0.29, 0.717) is 17.5 Å². The van der Waals surface area contributed by atoms with E-state index in [1.54, 1.807) is 6.07 Å². The summed E-state index contributed by atoms with van der Waals surface area (Å²) in [5.74, 6) is -0.790. The van der Waals surface area contributed by atoms with Gasteiger partial charge in [0, 0.05) is 12.5 Å². The smallest absolute Gasteiger partial charge is 0.222 e. The molecule has 0 radical (unpaired) electrons. The van der Waals surface area contributed by atoms with Gasteiger partial charge in [-0.05, 0) is 36.5 Å². The van der Waals surface area contributed by atoms with Gasteiger partial charge in [-0.15, -0.1) is 0 Å². The highest BCUT2D eigenvalue weighted by atomic mass is 19.2. The van der Waals surface area contributed by atoms with Crippen molar-refractivity contribution in [3.05, 3.63) is 35.4 Å². The summed E-state index contributed by atoms with van der Waals surface area (Å²) in [4.78, 5) is 8.96. The number of benzene rings is 1. The van der Waals surface area contributed by atoms with Crippen molar-refractivity contribution in [3.63, 3.8) is 0 Å². The minimum Gasteiger partial charge on any atom is -0.354 e. The Hall–Kier alpha value is -2.55. The summed E-state index contributed by atoms with van der Waals surface area (Å²) in [5, 5.41) is 7.32. The summed E-state index contributed by atoms with van der Waals surface area (Å²) in [6, 6.07) is 3.97. The average Bonchev–Trinajstić information content (AvgIpc) is 3.26. The lowest BCUT2D eigenvalue weighted by Gasteiger charge is -2.29. The molecule has 1 aromatic carbocycles. The molecule has 1 aliphatic carbocycles. The number of hydrazine groups is 1. The summed E-state index contributed by atoms with van der Waals surface area (Å²) in [5.41, 5.74) is 12.3. The monoisotopic (exact) mass is 347 g/mol. The third kappa shape index (κ3) is 2.64. The number of guanidine groups is 1. The van der Waals surface area contributed by atoms with Crippen LogP contribution in [0.5, 0.6) is 0 Å². The zero-order valence-electron chi connectivity index (χ0n) is 13.7. The van der Waals surface area contributed by atoms with Crippen LogP contribution < -0.4 is 22.0 Å². The Morgan fingerprint density at radius 3 is 2.96 bits per heavy atom. The molecule has 0 bridgehead atoms. The Balaban J connectivity index is 1.63. The van der Waals surface area contributed by atoms with Crippen LogP contribution in [0.1, 0.15) is 31.2 Å². The van der Waals surface area contributed by atoms with Crippen LogP contribution in [0.15, 0.2) is 33.3 Å². The molecule has 0 aromatic heterocycles. The second-order valence-electron chi connectivity index (χ2n) is 6.47. The standard InChI is InChI=1S/C16H19F2N7/c1-2-5-20-15-21-14-13(23-25-24-14)16(19,22-15)10-7-9(10)8-3-4-11(17)12(18)6-8/h3-4,6,9-10H,2,5,7,19H2,1H3,(H3,20,21,22,23,24,25)/t9-,10-,16?/m1/s1. The van der Waals surface area contributed by atoms with Gasteiger partial charge in [0.2, 0.25) is 5.96 Å². The first-order chi connectivity index (χ1) is 12.0. The minimum absolute atomic E-state index is 0.000995. The Bertz CT molecular complexity index is 804. The lowest BCUT2D eigenvalue weighted by Crippen LogP contribution is -2.56. The molecular weight excluding hydrogens is 328 g/mol. The molecule has 2 aliphatic heterocycles. The summed E-state index contributed by atoms with van der Waals surface area (Å²) in [6.07, 6.45) is 1.65. The molecule has 3 aliphatic rings. The Morgan fingerprint density at radius 2 is 2.20 bits per heavy atom. The Morgan fingerprint density at radius 1 is 1.36 bits per heavy atom. The molecule has 3 atom stereocenters. The first kappa shape index (κ1) is 15.9. The van der Waals surface area contributed by atoms with Crippen LogP contribution in [0.2, 0.25) is 0 Å². The molecule has 132 valence electrons. The first-order valence-corrected chi connectivity index (χ1v) is 8.28. The highest BCUT2D eigenvalue weighted by Crippen LogP contribution is 2.54. The topological polar surface area (TPSA) is 99.2 Å². The number of rotatable bonds is 4. The molecule has 4 rings (SSSR count). The normalized spacial score (nSPS) is 29.7. The second kappa shape index (κ2) is 5.76. The van der Waals surface area contributed by atoms with Crippen molar-refractivity contribution in [3.8, 4) is 0 Å². The maximum Gasteiger partial charge on any atom is 0.222 e. The summed E-state index contributed by atoms with van der Waals surface area (Å²) < 4.78 is 26.7. The maximum atomic E-state index is 13.5. The fraction of sp³-hybridized carbons (Fsp3) is 0.438. The molecule has 5 N–H and O–H groups in total. The van der Waals surface area contributed by atoms with E-state index in [9.17, 15) is 8.78 Å². The third-order valence-corrected chi connectivity index (χ3v) is 4.71. The molecule has 0 amide bonds. The van der Waals surface area contributed by atoms with E-state index in [0.717, 1.165) is 31.0 Å².